The summed E-state index contributed by atoms with van der Waals surface area (Å²) >= 11 is 6.24. The van der Waals surface area contributed by atoms with Crippen LogP contribution in [0.3, 0.4) is 0 Å². The van der Waals surface area contributed by atoms with Crippen molar-refractivity contribution >= 4 is 17.4 Å². The monoisotopic (exact) mass is 267 g/mol. The summed E-state index contributed by atoms with van der Waals surface area (Å²) in [5, 5.41) is 3.84. The minimum absolute atomic E-state index is 0.628. The zero-order chi connectivity index (χ0) is 13.0. The van der Waals surface area contributed by atoms with E-state index in [-0.39, 0.29) is 0 Å². The normalized spacial score (nSPS) is 21.6. The molecule has 2 heterocycles. The fourth-order valence-corrected chi connectivity index (χ4v) is 2.66. The molecule has 1 aromatic heterocycles. The van der Waals surface area contributed by atoms with Gasteiger partial charge in [0.15, 0.2) is 0 Å². The van der Waals surface area contributed by atoms with Gasteiger partial charge in [-0.05, 0) is 38.4 Å². The van der Waals surface area contributed by atoms with Crippen LogP contribution in [-0.4, -0.2) is 29.5 Å². The van der Waals surface area contributed by atoms with Crippen molar-refractivity contribution in [3.63, 3.8) is 0 Å². The smallest absolute Gasteiger partial charge is 0.126 e. The molecule has 0 saturated carbocycles. The lowest BCUT2D eigenvalue weighted by molar-refractivity contribution is 0.202. The highest BCUT2D eigenvalue weighted by molar-refractivity contribution is 6.31. The molecule has 1 N–H and O–H groups in total. The van der Waals surface area contributed by atoms with Crippen LogP contribution in [-0.2, 0) is 6.54 Å². The Hall–Kier alpha value is -0.800. The van der Waals surface area contributed by atoms with Crippen molar-refractivity contribution < 1.29 is 0 Å². The largest absolute Gasteiger partial charge is 0.373 e. The predicted molar refractivity (Wildman–Crippen MR) is 77.1 cm³/mol. The van der Waals surface area contributed by atoms with E-state index in [1.165, 1.54) is 25.7 Å². The highest BCUT2D eigenvalue weighted by Crippen LogP contribution is 2.22. The van der Waals surface area contributed by atoms with Crippen LogP contribution in [0.1, 0.15) is 38.3 Å². The van der Waals surface area contributed by atoms with Crippen LogP contribution in [0.25, 0.3) is 0 Å². The van der Waals surface area contributed by atoms with Gasteiger partial charge >= 0.3 is 0 Å². The summed E-state index contributed by atoms with van der Waals surface area (Å²) in [4.78, 5) is 7.07. The first-order valence-corrected chi connectivity index (χ1v) is 7.15. The lowest BCUT2D eigenvalue weighted by Gasteiger charge is -2.26. The van der Waals surface area contributed by atoms with Gasteiger partial charge in [0, 0.05) is 19.6 Å². The summed E-state index contributed by atoms with van der Waals surface area (Å²) in [5.74, 6) is 0.886. The third-order valence-corrected chi connectivity index (χ3v) is 4.06. The molecule has 1 fully saturated rings. The van der Waals surface area contributed by atoms with Crippen LogP contribution in [0.4, 0.5) is 5.82 Å². The van der Waals surface area contributed by atoms with E-state index in [0.717, 1.165) is 29.6 Å². The first kappa shape index (κ1) is 13.6. The Morgan fingerprint density at radius 1 is 1.39 bits per heavy atom. The van der Waals surface area contributed by atoms with Gasteiger partial charge in [-0.2, -0.15) is 0 Å². The van der Waals surface area contributed by atoms with Gasteiger partial charge in [0.05, 0.1) is 10.7 Å². The molecule has 2 rings (SSSR count). The lowest BCUT2D eigenvalue weighted by Crippen LogP contribution is -2.32. The molecule has 0 amide bonds. The number of nitrogens with one attached hydrogen (secondary N) is 1. The second kappa shape index (κ2) is 6.39. The molecule has 4 heteroatoms. The van der Waals surface area contributed by atoms with Gasteiger partial charge < -0.3 is 5.32 Å². The number of hydrogen-bond donors (Lipinski definition) is 1. The topological polar surface area (TPSA) is 28.2 Å². The molecule has 1 aliphatic rings. The van der Waals surface area contributed by atoms with Crippen LogP contribution in [0, 0.1) is 0 Å². The van der Waals surface area contributed by atoms with Crippen molar-refractivity contribution in [1.82, 2.24) is 9.88 Å². The molecular formula is C14H22ClN3. The van der Waals surface area contributed by atoms with Crippen molar-refractivity contribution in [2.45, 2.75) is 45.2 Å². The summed E-state index contributed by atoms with van der Waals surface area (Å²) < 4.78 is 0. The number of hydrogen-bond acceptors (Lipinski definition) is 3. The van der Waals surface area contributed by atoms with E-state index in [9.17, 15) is 0 Å². The van der Waals surface area contributed by atoms with Gasteiger partial charge in [-0.1, -0.05) is 24.4 Å². The minimum Gasteiger partial charge on any atom is -0.373 e. The molecule has 18 heavy (non-hydrogen) atoms. The van der Waals surface area contributed by atoms with Crippen LogP contribution in [0.15, 0.2) is 12.1 Å². The maximum absolute atomic E-state index is 6.24. The number of likely N-dealkylation sites (tertiary alicyclic amines) is 1. The van der Waals surface area contributed by atoms with Crippen molar-refractivity contribution in [3.8, 4) is 0 Å². The molecule has 1 aromatic rings. The third kappa shape index (κ3) is 3.36. The molecule has 0 spiro atoms. The highest BCUT2D eigenvalue weighted by Gasteiger charge is 2.18. The number of nitrogens with zero attached hydrogens (tertiary/aromatic N) is 2. The van der Waals surface area contributed by atoms with Gasteiger partial charge in [0.25, 0.3) is 0 Å². The maximum atomic E-state index is 6.24. The van der Waals surface area contributed by atoms with E-state index in [0.29, 0.717) is 6.04 Å². The molecule has 3 nitrogen and oxygen atoms in total. The standard InChI is InChI=1S/C14H22ClN3/c1-11-6-4-3-5-9-18(11)10-13-12(15)7-8-14(16-2)17-13/h7-8,11H,3-6,9-10H2,1-2H3,(H,16,17). The number of aromatic nitrogens is 1. The van der Waals surface area contributed by atoms with Gasteiger partial charge in [-0.25, -0.2) is 4.98 Å². The van der Waals surface area contributed by atoms with Crippen molar-refractivity contribution in [2.75, 3.05) is 18.9 Å². The molecule has 0 bridgehead atoms. The lowest BCUT2D eigenvalue weighted by atomic mass is 10.1. The van der Waals surface area contributed by atoms with Crippen molar-refractivity contribution in [2.24, 2.45) is 0 Å². The predicted octanol–water partition coefficient (Wildman–Crippen LogP) is 3.54. The molecule has 0 aliphatic carbocycles. The molecule has 1 atom stereocenters. The van der Waals surface area contributed by atoms with Gasteiger partial charge in [0.1, 0.15) is 5.82 Å². The molecule has 100 valence electrons. The van der Waals surface area contributed by atoms with E-state index in [1.807, 2.05) is 19.2 Å². The van der Waals surface area contributed by atoms with E-state index in [1.54, 1.807) is 0 Å². The second-order valence-corrected chi connectivity index (χ2v) is 5.45. The van der Waals surface area contributed by atoms with E-state index >= 15 is 0 Å². The van der Waals surface area contributed by atoms with Crippen LogP contribution in [0.2, 0.25) is 5.02 Å². The number of anilines is 1. The first-order valence-electron chi connectivity index (χ1n) is 6.78. The van der Waals surface area contributed by atoms with Crippen LogP contribution >= 0.6 is 11.6 Å². The summed E-state index contributed by atoms with van der Waals surface area (Å²) in [5.41, 5.74) is 0.984. The Morgan fingerprint density at radius 3 is 3.00 bits per heavy atom. The number of halogens is 1. The Bertz CT molecular complexity index is 395. The van der Waals surface area contributed by atoms with Crippen LogP contribution in [0.5, 0.6) is 0 Å². The number of pyridine rings is 1. The Balaban J connectivity index is 2.11. The fourth-order valence-electron chi connectivity index (χ4n) is 2.50. The average molecular weight is 268 g/mol. The highest BCUT2D eigenvalue weighted by atomic mass is 35.5. The van der Waals surface area contributed by atoms with Gasteiger partial charge in [-0.3, -0.25) is 4.90 Å². The summed E-state index contributed by atoms with van der Waals surface area (Å²) in [7, 11) is 1.88. The maximum Gasteiger partial charge on any atom is 0.126 e. The summed E-state index contributed by atoms with van der Waals surface area (Å²) in [6, 6.07) is 4.47. The fraction of sp³-hybridized carbons (Fsp3) is 0.643. The Kier molecular flexibility index (Phi) is 4.84. The second-order valence-electron chi connectivity index (χ2n) is 5.04. The summed E-state index contributed by atoms with van der Waals surface area (Å²) in [6.45, 7) is 4.32. The van der Waals surface area contributed by atoms with Gasteiger partial charge in [-0.15, -0.1) is 0 Å². The zero-order valence-corrected chi connectivity index (χ0v) is 12.0. The van der Waals surface area contributed by atoms with Gasteiger partial charge in [0.2, 0.25) is 0 Å². The Labute approximate surface area is 115 Å². The summed E-state index contributed by atoms with van der Waals surface area (Å²) in [6.07, 6.45) is 5.25. The van der Waals surface area contributed by atoms with E-state index < -0.39 is 0 Å². The molecule has 1 unspecified atom stereocenters. The van der Waals surface area contributed by atoms with Crippen LogP contribution < -0.4 is 5.32 Å². The zero-order valence-electron chi connectivity index (χ0n) is 11.2. The van der Waals surface area contributed by atoms with E-state index in [4.69, 9.17) is 11.6 Å². The molecule has 1 saturated heterocycles. The first-order chi connectivity index (χ1) is 8.70. The van der Waals surface area contributed by atoms with Crippen molar-refractivity contribution in [3.05, 3.63) is 22.8 Å². The molecule has 0 radical (unpaired) electrons. The SMILES string of the molecule is CNc1ccc(Cl)c(CN2CCCCCC2C)n1. The average Bonchev–Trinajstić information content (AvgIpc) is 2.58. The quantitative estimate of drug-likeness (QED) is 0.908. The Morgan fingerprint density at radius 2 is 2.22 bits per heavy atom. The molecular weight excluding hydrogens is 246 g/mol. The third-order valence-electron chi connectivity index (χ3n) is 3.72. The minimum atomic E-state index is 0.628. The number of rotatable bonds is 3. The molecule has 0 aromatic carbocycles. The van der Waals surface area contributed by atoms with E-state index in [2.05, 4.69) is 22.1 Å². The van der Waals surface area contributed by atoms with Crippen molar-refractivity contribution in [1.29, 1.82) is 0 Å². The molecule has 1 aliphatic heterocycles.